The number of benzene rings is 2. The van der Waals surface area contributed by atoms with Gasteiger partial charge >= 0.3 is 5.97 Å². The second-order valence-corrected chi connectivity index (χ2v) is 7.16. The summed E-state index contributed by atoms with van der Waals surface area (Å²) >= 11 is 0. The highest BCUT2D eigenvalue weighted by Gasteiger charge is 2.45. The van der Waals surface area contributed by atoms with Crippen molar-refractivity contribution >= 4 is 11.7 Å². The van der Waals surface area contributed by atoms with E-state index in [-0.39, 0.29) is 23.6 Å². The number of pyridine rings is 1. The van der Waals surface area contributed by atoms with Gasteiger partial charge in [0.05, 0.1) is 23.4 Å². The van der Waals surface area contributed by atoms with Gasteiger partial charge in [-0.25, -0.2) is 17.6 Å². The van der Waals surface area contributed by atoms with E-state index in [9.17, 15) is 22.4 Å². The van der Waals surface area contributed by atoms with Crippen molar-refractivity contribution in [3.8, 4) is 11.1 Å². The van der Waals surface area contributed by atoms with Gasteiger partial charge in [-0.3, -0.25) is 9.78 Å². The molecule has 1 aromatic heterocycles. The quantitative estimate of drug-likeness (QED) is 0.549. The molecule has 4 nitrogen and oxygen atoms in total. The Morgan fingerprint density at radius 1 is 1.03 bits per heavy atom. The number of nitrogens with one attached hydrogen (secondary N) is 1. The van der Waals surface area contributed by atoms with Crippen LogP contribution in [0.15, 0.2) is 48.7 Å². The van der Waals surface area contributed by atoms with Crippen LogP contribution in [0.3, 0.4) is 0 Å². The van der Waals surface area contributed by atoms with Crippen LogP contribution in [0.5, 0.6) is 0 Å². The fraction of sp³-hybridized carbons (Fsp3) is 0.182. The Balaban J connectivity index is 1.49. The third-order valence-electron chi connectivity index (χ3n) is 5.10. The maximum atomic E-state index is 14.2. The minimum Gasteiger partial charge on any atom is -0.481 e. The molecule has 0 spiro atoms. The van der Waals surface area contributed by atoms with E-state index in [1.807, 2.05) is 0 Å². The van der Waals surface area contributed by atoms with Crippen molar-refractivity contribution in [3.63, 3.8) is 0 Å². The average molecular weight is 416 g/mol. The molecule has 1 fully saturated rings. The number of halogens is 4. The maximum Gasteiger partial charge on any atom is 0.307 e. The number of rotatable bonds is 6. The van der Waals surface area contributed by atoms with E-state index in [1.54, 1.807) is 12.1 Å². The fourth-order valence-electron chi connectivity index (χ4n) is 3.40. The highest BCUT2D eigenvalue weighted by atomic mass is 19.1. The monoisotopic (exact) mass is 416 g/mol. The highest BCUT2D eigenvalue weighted by Crippen LogP contribution is 2.46. The normalized spacial score (nSPS) is 17.6. The van der Waals surface area contributed by atoms with Gasteiger partial charge < -0.3 is 10.4 Å². The minimum atomic E-state index is -1.07. The molecule has 1 saturated carbocycles. The molecule has 2 aromatic carbocycles. The van der Waals surface area contributed by atoms with Gasteiger partial charge in [-0.15, -0.1) is 0 Å². The van der Waals surface area contributed by atoms with Gasteiger partial charge in [-0.2, -0.15) is 0 Å². The van der Waals surface area contributed by atoms with Crippen molar-refractivity contribution in [2.24, 2.45) is 5.92 Å². The summed E-state index contributed by atoms with van der Waals surface area (Å²) in [5.74, 6) is -5.08. The van der Waals surface area contributed by atoms with Crippen LogP contribution in [0.25, 0.3) is 11.1 Å². The maximum absolute atomic E-state index is 14.2. The van der Waals surface area contributed by atoms with Gasteiger partial charge in [-0.1, -0.05) is 6.07 Å². The Bertz CT molecular complexity index is 1100. The predicted molar refractivity (Wildman–Crippen MR) is 102 cm³/mol. The zero-order valence-electron chi connectivity index (χ0n) is 15.5. The van der Waals surface area contributed by atoms with Crippen molar-refractivity contribution < 1.29 is 27.5 Å². The average Bonchev–Trinajstić information content (AvgIpc) is 3.49. The number of anilines is 1. The molecule has 0 aliphatic heterocycles. The van der Waals surface area contributed by atoms with Crippen molar-refractivity contribution in [1.82, 2.24) is 4.98 Å². The summed E-state index contributed by atoms with van der Waals surface area (Å²) in [6.07, 6.45) is 2.08. The molecular formula is C22H16F4N2O2. The number of hydrogen-bond donors (Lipinski definition) is 2. The molecule has 0 amide bonds. The Hall–Kier alpha value is -3.42. The van der Waals surface area contributed by atoms with E-state index in [4.69, 9.17) is 5.11 Å². The molecule has 1 heterocycles. The fourth-order valence-corrected chi connectivity index (χ4v) is 3.40. The van der Waals surface area contributed by atoms with Crippen LogP contribution in [0.4, 0.5) is 23.2 Å². The number of nitrogens with zero attached hydrogens (tertiary/aromatic N) is 1. The third kappa shape index (κ3) is 3.98. The lowest BCUT2D eigenvalue weighted by atomic mass is 10.0. The van der Waals surface area contributed by atoms with Gasteiger partial charge in [0.2, 0.25) is 0 Å². The van der Waals surface area contributed by atoms with Gasteiger partial charge in [0.25, 0.3) is 0 Å². The Labute approximate surface area is 169 Å². The van der Waals surface area contributed by atoms with Crippen LogP contribution in [0.2, 0.25) is 0 Å². The summed E-state index contributed by atoms with van der Waals surface area (Å²) in [5.41, 5.74) is 1.08. The molecule has 0 unspecified atom stereocenters. The van der Waals surface area contributed by atoms with E-state index in [1.165, 1.54) is 18.3 Å². The summed E-state index contributed by atoms with van der Waals surface area (Å²) in [5, 5.41) is 12.0. The molecular weight excluding hydrogens is 400 g/mol. The van der Waals surface area contributed by atoms with Crippen LogP contribution >= 0.6 is 0 Å². The molecule has 154 valence electrons. The first-order chi connectivity index (χ1) is 14.3. The van der Waals surface area contributed by atoms with Crippen molar-refractivity contribution in [2.45, 2.75) is 18.9 Å². The second-order valence-electron chi connectivity index (χ2n) is 7.16. The first-order valence-electron chi connectivity index (χ1n) is 9.19. The molecule has 0 radical (unpaired) electrons. The molecule has 0 saturated heterocycles. The number of aromatic nitrogens is 1. The zero-order chi connectivity index (χ0) is 21.4. The molecule has 2 N–H and O–H groups in total. The molecule has 8 heteroatoms. The zero-order valence-corrected chi connectivity index (χ0v) is 15.5. The number of hydrogen-bond acceptors (Lipinski definition) is 3. The summed E-state index contributed by atoms with van der Waals surface area (Å²) < 4.78 is 55.4. The van der Waals surface area contributed by atoms with Gasteiger partial charge in [0, 0.05) is 35.9 Å². The summed E-state index contributed by atoms with van der Waals surface area (Å²) in [7, 11) is 0. The lowest BCUT2D eigenvalue weighted by molar-refractivity contribution is -0.138. The first-order valence-corrected chi connectivity index (χ1v) is 9.19. The van der Waals surface area contributed by atoms with E-state index in [2.05, 4.69) is 10.3 Å². The smallest absolute Gasteiger partial charge is 0.307 e. The molecule has 3 aromatic rings. The molecule has 2 atom stereocenters. The predicted octanol–water partition coefficient (Wildman–Crippen LogP) is 5.11. The minimum absolute atomic E-state index is 0.0202. The molecule has 1 aliphatic carbocycles. The SMILES string of the molecule is O=C(O)[C@H]1C[C@@H]1c1ccc(NCc2cc(-c3c(F)cc(F)cc3F)ccc2F)cn1. The summed E-state index contributed by atoms with van der Waals surface area (Å²) in [4.78, 5) is 15.2. The lowest BCUT2D eigenvalue weighted by Gasteiger charge is -2.11. The topological polar surface area (TPSA) is 62.2 Å². The van der Waals surface area contributed by atoms with Crippen LogP contribution in [0, 0.1) is 29.2 Å². The van der Waals surface area contributed by atoms with Crippen LogP contribution in [0.1, 0.15) is 23.6 Å². The van der Waals surface area contributed by atoms with Crippen molar-refractivity contribution in [2.75, 3.05) is 5.32 Å². The highest BCUT2D eigenvalue weighted by molar-refractivity contribution is 5.75. The van der Waals surface area contributed by atoms with E-state index in [0.717, 1.165) is 6.07 Å². The summed E-state index contributed by atoms with van der Waals surface area (Å²) in [6, 6.07) is 8.18. The number of carbonyl (C=O) groups is 1. The van der Waals surface area contributed by atoms with Gasteiger partial charge in [0.15, 0.2) is 0 Å². The molecule has 4 rings (SSSR count). The molecule has 0 bridgehead atoms. The molecule has 1 aliphatic rings. The summed E-state index contributed by atoms with van der Waals surface area (Å²) in [6.45, 7) is 0.0202. The van der Waals surface area contributed by atoms with Crippen LogP contribution in [-0.2, 0) is 11.3 Å². The number of carboxylic acids is 1. The van der Waals surface area contributed by atoms with Crippen molar-refractivity contribution in [1.29, 1.82) is 0 Å². The van der Waals surface area contributed by atoms with E-state index in [0.29, 0.717) is 29.9 Å². The van der Waals surface area contributed by atoms with Gasteiger partial charge in [0.1, 0.15) is 23.3 Å². The number of aliphatic carboxylic acids is 1. The van der Waals surface area contributed by atoms with Crippen molar-refractivity contribution in [3.05, 3.63) is 83.2 Å². The lowest BCUT2D eigenvalue weighted by Crippen LogP contribution is -2.04. The second kappa shape index (κ2) is 7.78. The van der Waals surface area contributed by atoms with Crippen LogP contribution in [-0.4, -0.2) is 16.1 Å². The van der Waals surface area contributed by atoms with E-state index >= 15 is 0 Å². The van der Waals surface area contributed by atoms with E-state index < -0.39 is 40.7 Å². The largest absolute Gasteiger partial charge is 0.481 e. The Kier molecular flexibility index (Phi) is 5.15. The number of carboxylic acid groups (broad SMARTS) is 1. The van der Waals surface area contributed by atoms with Crippen LogP contribution < -0.4 is 5.32 Å². The Morgan fingerprint density at radius 3 is 2.37 bits per heavy atom. The Morgan fingerprint density at radius 2 is 1.77 bits per heavy atom. The molecule has 30 heavy (non-hydrogen) atoms. The van der Waals surface area contributed by atoms with Gasteiger partial charge in [-0.05, 0) is 36.2 Å². The first kappa shape index (κ1) is 19.9. The standard InChI is InChI=1S/C22H16F4N2O2/c23-13-6-18(25)21(19(26)7-13)11-1-3-17(24)12(5-11)9-27-14-2-4-20(28-10-14)15-8-16(15)22(29)30/h1-7,10,15-16,27H,8-9H2,(H,29,30)/t15-,16-/m0/s1. The third-order valence-corrected chi connectivity index (χ3v) is 5.10.